The average Bonchev–Trinajstić information content (AvgIpc) is 2.28. The van der Waals surface area contributed by atoms with E-state index >= 15 is 0 Å². The van der Waals surface area contributed by atoms with Crippen LogP contribution in [0.25, 0.3) is 5.57 Å². The maximum atomic E-state index is 13.8. The molecule has 18 heavy (non-hydrogen) atoms. The molecule has 3 heteroatoms. The molecule has 0 aliphatic carbocycles. The molecule has 1 aliphatic rings. The van der Waals surface area contributed by atoms with Gasteiger partial charge in [0.25, 0.3) is 0 Å². The van der Waals surface area contributed by atoms with Gasteiger partial charge in [-0.05, 0) is 17.7 Å². The van der Waals surface area contributed by atoms with E-state index in [1.807, 2.05) is 6.08 Å². The van der Waals surface area contributed by atoms with Gasteiger partial charge in [0.2, 0.25) is 0 Å². The Morgan fingerprint density at radius 2 is 2.00 bits per heavy atom. The number of hydrogen-bond acceptors (Lipinski definition) is 2. The molecule has 0 unspecified atom stereocenters. The Morgan fingerprint density at radius 3 is 2.61 bits per heavy atom. The van der Waals surface area contributed by atoms with Gasteiger partial charge in [-0.1, -0.05) is 26.8 Å². The molecule has 0 atom stereocenters. The van der Waals surface area contributed by atoms with Crippen molar-refractivity contribution in [2.75, 3.05) is 6.54 Å². The van der Waals surface area contributed by atoms with Crippen molar-refractivity contribution in [3.8, 4) is 5.75 Å². The lowest BCUT2D eigenvalue weighted by Crippen LogP contribution is -2.23. The van der Waals surface area contributed by atoms with Gasteiger partial charge < -0.3 is 5.11 Å². The van der Waals surface area contributed by atoms with E-state index in [0.717, 1.165) is 17.4 Å². The number of allylic oxidation sites excluding steroid dienone is 1. The summed E-state index contributed by atoms with van der Waals surface area (Å²) >= 11 is 0. The number of benzene rings is 1. The first-order valence-electron chi connectivity index (χ1n) is 6.09. The third-order valence-corrected chi connectivity index (χ3v) is 3.14. The minimum Gasteiger partial charge on any atom is -0.508 e. The summed E-state index contributed by atoms with van der Waals surface area (Å²) < 4.78 is 13.8. The number of nitrogens with zero attached hydrogens (tertiary/aromatic N) is 1. The molecule has 1 aliphatic heterocycles. The number of dihydropyridines is 1. The van der Waals surface area contributed by atoms with Crippen molar-refractivity contribution >= 4 is 11.3 Å². The van der Waals surface area contributed by atoms with Gasteiger partial charge in [0.05, 0.1) is 6.54 Å². The molecule has 0 fully saturated rings. The van der Waals surface area contributed by atoms with Gasteiger partial charge >= 0.3 is 0 Å². The van der Waals surface area contributed by atoms with Crippen molar-refractivity contribution in [3.63, 3.8) is 0 Å². The number of phenols is 1. The topological polar surface area (TPSA) is 32.6 Å². The van der Waals surface area contributed by atoms with Gasteiger partial charge in [0.1, 0.15) is 11.6 Å². The summed E-state index contributed by atoms with van der Waals surface area (Å²) in [5.41, 5.74) is 2.61. The first-order chi connectivity index (χ1) is 8.38. The average molecular weight is 247 g/mol. The molecule has 1 heterocycles. The van der Waals surface area contributed by atoms with E-state index in [2.05, 4.69) is 25.8 Å². The van der Waals surface area contributed by atoms with E-state index in [9.17, 15) is 9.50 Å². The van der Waals surface area contributed by atoms with Crippen molar-refractivity contribution in [2.45, 2.75) is 27.2 Å². The molecule has 2 nitrogen and oxygen atoms in total. The lowest BCUT2D eigenvalue weighted by Gasteiger charge is -2.25. The summed E-state index contributed by atoms with van der Waals surface area (Å²) in [5.74, 6) is -0.422. The summed E-state index contributed by atoms with van der Waals surface area (Å²) in [6.45, 7) is 6.94. The Kier molecular flexibility index (Phi) is 3.24. The van der Waals surface area contributed by atoms with Crippen LogP contribution in [0.15, 0.2) is 29.3 Å². The van der Waals surface area contributed by atoms with Crippen LogP contribution in [0.1, 0.15) is 32.8 Å². The van der Waals surface area contributed by atoms with E-state index in [0.29, 0.717) is 18.5 Å². The number of aromatic hydroxyl groups is 1. The molecule has 0 amide bonds. The molecule has 0 bridgehead atoms. The molecule has 2 rings (SSSR count). The lowest BCUT2D eigenvalue weighted by atomic mass is 9.83. The van der Waals surface area contributed by atoms with Crippen LogP contribution in [0.5, 0.6) is 5.75 Å². The number of rotatable bonds is 1. The standard InChI is InChI=1S/C15H18FNO/c1-15(2,3)14-8-10(6-7-17-14)12-5-4-11(18)9-13(12)16/h4-6,9,18H,7-8H2,1-3H3. The molecule has 0 saturated heterocycles. The quantitative estimate of drug-likeness (QED) is 0.804. The molecular weight excluding hydrogens is 229 g/mol. The zero-order chi connectivity index (χ0) is 13.3. The molecule has 1 aromatic carbocycles. The molecule has 0 spiro atoms. The van der Waals surface area contributed by atoms with Crippen LogP contribution in [-0.4, -0.2) is 17.4 Å². The monoisotopic (exact) mass is 247 g/mol. The normalized spacial score (nSPS) is 16.2. The summed E-state index contributed by atoms with van der Waals surface area (Å²) in [5, 5.41) is 9.23. The lowest BCUT2D eigenvalue weighted by molar-refractivity contribution is 0.469. The number of phenolic OH excluding ortho intramolecular Hbond substituents is 1. The van der Waals surface area contributed by atoms with Gasteiger partial charge in [-0.3, -0.25) is 4.99 Å². The molecule has 0 radical (unpaired) electrons. The minimum absolute atomic E-state index is 0.00685. The smallest absolute Gasteiger partial charge is 0.134 e. The Balaban J connectivity index is 2.28. The molecule has 96 valence electrons. The Hall–Kier alpha value is -1.64. The van der Waals surface area contributed by atoms with Crippen LogP contribution < -0.4 is 0 Å². The Morgan fingerprint density at radius 1 is 1.28 bits per heavy atom. The SMILES string of the molecule is CC(C)(C)C1=NCC=C(c2ccc(O)cc2F)C1. The first-order valence-corrected chi connectivity index (χ1v) is 6.09. The summed E-state index contributed by atoms with van der Waals surface area (Å²) in [6, 6.07) is 4.29. The van der Waals surface area contributed by atoms with Crippen LogP contribution in [0.2, 0.25) is 0 Å². The molecule has 0 saturated carbocycles. The van der Waals surface area contributed by atoms with Gasteiger partial charge in [-0.15, -0.1) is 0 Å². The van der Waals surface area contributed by atoms with Gasteiger partial charge in [-0.25, -0.2) is 4.39 Å². The molecule has 0 aromatic heterocycles. The fourth-order valence-corrected chi connectivity index (χ4v) is 2.05. The maximum absolute atomic E-state index is 13.8. The van der Waals surface area contributed by atoms with E-state index in [1.54, 1.807) is 6.07 Å². The maximum Gasteiger partial charge on any atom is 0.134 e. The summed E-state index contributed by atoms with van der Waals surface area (Å²) in [7, 11) is 0. The van der Waals surface area contributed by atoms with E-state index in [-0.39, 0.29) is 17.0 Å². The first kappa shape index (κ1) is 12.8. The zero-order valence-corrected chi connectivity index (χ0v) is 11.0. The minimum atomic E-state index is -0.378. The molecular formula is C15H18FNO. The fraction of sp³-hybridized carbons (Fsp3) is 0.400. The molecule has 1 aromatic rings. The van der Waals surface area contributed by atoms with Crippen LogP contribution >= 0.6 is 0 Å². The largest absolute Gasteiger partial charge is 0.508 e. The van der Waals surface area contributed by atoms with E-state index in [4.69, 9.17) is 0 Å². The highest BCUT2D eigenvalue weighted by atomic mass is 19.1. The van der Waals surface area contributed by atoms with Crippen LogP contribution in [0, 0.1) is 11.2 Å². The number of aliphatic imine (C=N–C) groups is 1. The fourth-order valence-electron chi connectivity index (χ4n) is 2.05. The predicted octanol–water partition coefficient (Wildman–Crippen LogP) is 3.81. The summed E-state index contributed by atoms with van der Waals surface area (Å²) in [4.78, 5) is 4.49. The summed E-state index contributed by atoms with van der Waals surface area (Å²) in [6.07, 6.45) is 2.62. The van der Waals surface area contributed by atoms with Crippen molar-refractivity contribution in [1.29, 1.82) is 0 Å². The number of hydrogen-bond donors (Lipinski definition) is 1. The number of halogens is 1. The van der Waals surface area contributed by atoms with Crippen molar-refractivity contribution in [3.05, 3.63) is 35.7 Å². The van der Waals surface area contributed by atoms with E-state index < -0.39 is 0 Å². The van der Waals surface area contributed by atoms with Crippen molar-refractivity contribution in [1.82, 2.24) is 0 Å². The molecule has 1 N–H and O–H groups in total. The van der Waals surface area contributed by atoms with Crippen LogP contribution in [-0.2, 0) is 0 Å². The second-order valence-corrected chi connectivity index (χ2v) is 5.61. The third kappa shape index (κ3) is 2.61. The Bertz CT molecular complexity index is 524. The highest BCUT2D eigenvalue weighted by molar-refractivity contribution is 5.98. The Labute approximate surface area is 107 Å². The highest BCUT2D eigenvalue weighted by Gasteiger charge is 2.23. The second kappa shape index (κ2) is 4.56. The van der Waals surface area contributed by atoms with Crippen molar-refractivity contribution < 1.29 is 9.50 Å². The zero-order valence-electron chi connectivity index (χ0n) is 11.0. The van der Waals surface area contributed by atoms with Crippen LogP contribution in [0.3, 0.4) is 0 Å². The highest BCUT2D eigenvalue weighted by Crippen LogP contribution is 2.31. The van der Waals surface area contributed by atoms with E-state index in [1.165, 1.54) is 6.07 Å². The van der Waals surface area contributed by atoms with Crippen LogP contribution in [0.4, 0.5) is 4.39 Å². The second-order valence-electron chi connectivity index (χ2n) is 5.61. The van der Waals surface area contributed by atoms with Gasteiger partial charge in [-0.2, -0.15) is 0 Å². The van der Waals surface area contributed by atoms with Crippen molar-refractivity contribution in [2.24, 2.45) is 10.4 Å². The third-order valence-electron chi connectivity index (χ3n) is 3.14. The van der Waals surface area contributed by atoms with Gasteiger partial charge in [0.15, 0.2) is 0 Å². The predicted molar refractivity (Wildman–Crippen MR) is 72.4 cm³/mol. The van der Waals surface area contributed by atoms with Gasteiger partial charge in [0, 0.05) is 29.2 Å².